The molecule has 1 amide bonds. The number of cyclic esters (lactones) is 1. The molecule has 8 heteroatoms. The Morgan fingerprint density at radius 3 is 2.84 bits per heavy atom. The Labute approximate surface area is 110 Å². The van der Waals surface area contributed by atoms with Crippen molar-refractivity contribution in [1.82, 2.24) is 4.98 Å². The normalized spacial score (nSPS) is 18.7. The molecule has 0 radical (unpaired) electrons. The Kier molecular flexibility index (Phi) is 2.84. The van der Waals surface area contributed by atoms with Crippen LogP contribution in [0.5, 0.6) is 0 Å². The summed E-state index contributed by atoms with van der Waals surface area (Å²) >= 11 is 1.28. The molecule has 0 saturated carbocycles. The number of aromatic nitrogens is 1. The average molecular weight is 290 g/mol. The number of thioether (sulfide) groups is 1. The second-order valence-corrected chi connectivity index (χ2v) is 5.26. The number of ether oxygens (including phenoxy) is 1. The van der Waals surface area contributed by atoms with Crippen molar-refractivity contribution in [3.05, 3.63) is 17.3 Å². The molecule has 0 bridgehead atoms. The fourth-order valence-electron chi connectivity index (χ4n) is 2.14. The second-order valence-electron chi connectivity index (χ2n) is 4.17. The molecular weight excluding hydrogens is 281 g/mol. The van der Waals surface area contributed by atoms with E-state index in [1.165, 1.54) is 16.7 Å². The van der Waals surface area contributed by atoms with Crippen molar-refractivity contribution in [3.8, 4) is 0 Å². The molecule has 0 aliphatic carbocycles. The zero-order chi connectivity index (χ0) is 13.6. The number of nitrogens with zero attached hydrogens (tertiary/aromatic N) is 2. The van der Waals surface area contributed by atoms with Crippen LogP contribution in [0.25, 0.3) is 0 Å². The van der Waals surface area contributed by atoms with Gasteiger partial charge in [0.2, 0.25) is 0 Å². The number of anilines is 1. The van der Waals surface area contributed by atoms with Gasteiger partial charge >= 0.3 is 12.3 Å². The minimum absolute atomic E-state index is 0.199. The molecule has 19 heavy (non-hydrogen) atoms. The Balaban J connectivity index is 2.12. The quantitative estimate of drug-likeness (QED) is 0.797. The van der Waals surface area contributed by atoms with Crippen LogP contribution in [-0.2, 0) is 17.3 Å². The van der Waals surface area contributed by atoms with Gasteiger partial charge in [0.25, 0.3) is 0 Å². The Morgan fingerprint density at radius 1 is 1.42 bits per heavy atom. The molecule has 0 aromatic carbocycles. The highest BCUT2D eigenvalue weighted by Gasteiger charge is 2.37. The number of pyridine rings is 1. The van der Waals surface area contributed by atoms with E-state index in [4.69, 9.17) is 4.74 Å². The summed E-state index contributed by atoms with van der Waals surface area (Å²) in [4.78, 5) is 16.4. The van der Waals surface area contributed by atoms with Crippen LogP contribution in [0.3, 0.4) is 0 Å². The van der Waals surface area contributed by atoms with E-state index in [1.807, 2.05) is 0 Å². The fraction of sp³-hybridized carbons (Fsp3) is 0.455. The molecule has 3 heterocycles. The number of amides is 1. The maximum Gasteiger partial charge on any atom is 0.433 e. The molecule has 2 aliphatic heterocycles. The summed E-state index contributed by atoms with van der Waals surface area (Å²) in [6, 6.07) is 0.942. The standard InChI is InChI=1S/C11H9F3N2O2S/c12-11(13,14)8-5-7(16-2-3-18-10(16)17)6-1-4-19-9(6)15-8/h5H,1-4H2. The third-order valence-electron chi connectivity index (χ3n) is 3.00. The molecule has 0 atom stereocenters. The first-order chi connectivity index (χ1) is 8.97. The van der Waals surface area contributed by atoms with Gasteiger partial charge in [-0.1, -0.05) is 0 Å². The van der Waals surface area contributed by atoms with Gasteiger partial charge in [-0.05, 0) is 12.5 Å². The van der Waals surface area contributed by atoms with Gasteiger partial charge in [-0.3, -0.25) is 4.90 Å². The summed E-state index contributed by atoms with van der Waals surface area (Å²) < 4.78 is 43.2. The molecule has 1 aromatic heterocycles. The van der Waals surface area contributed by atoms with Crippen molar-refractivity contribution >= 4 is 23.5 Å². The molecule has 1 aromatic rings. The van der Waals surface area contributed by atoms with Crippen LogP contribution in [0, 0.1) is 0 Å². The molecule has 1 saturated heterocycles. The lowest BCUT2D eigenvalue weighted by atomic mass is 10.1. The number of hydrogen-bond donors (Lipinski definition) is 0. The van der Waals surface area contributed by atoms with Gasteiger partial charge in [0, 0.05) is 11.3 Å². The predicted octanol–water partition coefficient (Wildman–Crippen LogP) is 2.71. The topological polar surface area (TPSA) is 42.4 Å². The summed E-state index contributed by atoms with van der Waals surface area (Å²) in [5.74, 6) is 0.680. The maximum absolute atomic E-state index is 12.8. The summed E-state index contributed by atoms with van der Waals surface area (Å²) in [6.07, 6.45) is -4.50. The number of fused-ring (bicyclic) bond motifs is 1. The van der Waals surface area contributed by atoms with Crippen molar-refractivity contribution in [1.29, 1.82) is 0 Å². The summed E-state index contributed by atoms with van der Waals surface area (Å²) in [7, 11) is 0. The first-order valence-electron chi connectivity index (χ1n) is 5.65. The monoisotopic (exact) mass is 290 g/mol. The first kappa shape index (κ1) is 12.6. The van der Waals surface area contributed by atoms with Crippen LogP contribution in [0.4, 0.5) is 23.7 Å². The zero-order valence-electron chi connectivity index (χ0n) is 9.66. The second kappa shape index (κ2) is 4.29. The number of carbonyl (C=O) groups excluding carboxylic acids is 1. The van der Waals surface area contributed by atoms with Crippen LogP contribution in [0.1, 0.15) is 11.3 Å². The third-order valence-corrected chi connectivity index (χ3v) is 4.02. The number of alkyl halides is 3. The SMILES string of the molecule is O=C1OCCN1c1cc(C(F)(F)F)nc2c1CCS2. The first-order valence-corrected chi connectivity index (χ1v) is 6.63. The molecular formula is C11H9F3N2O2S. The van der Waals surface area contributed by atoms with Crippen LogP contribution < -0.4 is 4.90 Å². The highest BCUT2D eigenvalue weighted by molar-refractivity contribution is 7.99. The Morgan fingerprint density at radius 2 is 2.21 bits per heavy atom. The predicted molar refractivity (Wildman–Crippen MR) is 62.4 cm³/mol. The van der Waals surface area contributed by atoms with Crippen molar-refractivity contribution in [2.45, 2.75) is 17.6 Å². The van der Waals surface area contributed by atoms with E-state index in [2.05, 4.69) is 4.98 Å². The average Bonchev–Trinajstić information content (AvgIpc) is 2.94. The smallest absolute Gasteiger partial charge is 0.433 e. The maximum atomic E-state index is 12.8. The fourth-order valence-corrected chi connectivity index (χ4v) is 3.18. The van der Waals surface area contributed by atoms with Crippen molar-refractivity contribution in [2.75, 3.05) is 23.8 Å². The number of halogens is 3. The van der Waals surface area contributed by atoms with Crippen LogP contribution >= 0.6 is 11.8 Å². The lowest BCUT2D eigenvalue weighted by Crippen LogP contribution is -2.25. The van der Waals surface area contributed by atoms with Gasteiger partial charge in [-0.2, -0.15) is 13.2 Å². The number of hydrogen-bond acceptors (Lipinski definition) is 4. The Bertz CT molecular complexity index is 547. The highest BCUT2D eigenvalue weighted by atomic mass is 32.2. The number of carbonyl (C=O) groups is 1. The Hall–Kier alpha value is -1.44. The number of rotatable bonds is 1. The van der Waals surface area contributed by atoms with Crippen LogP contribution in [-0.4, -0.2) is 30.0 Å². The molecule has 3 rings (SSSR count). The molecule has 0 unspecified atom stereocenters. The van der Waals surface area contributed by atoms with Gasteiger partial charge in [0.1, 0.15) is 17.3 Å². The highest BCUT2D eigenvalue weighted by Crippen LogP contribution is 2.41. The van der Waals surface area contributed by atoms with E-state index in [0.29, 0.717) is 22.8 Å². The molecule has 0 spiro atoms. The largest absolute Gasteiger partial charge is 0.447 e. The van der Waals surface area contributed by atoms with E-state index in [9.17, 15) is 18.0 Å². The van der Waals surface area contributed by atoms with E-state index >= 15 is 0 Å². The van der Waals surface area contributed by atoms with Gasteiger partial charge in [-0.25, -0.2) is 9.78 Å². The molecule has 4 nitrogen and oxygen atoms in total. The van der Waals surface area contributed by atoms with Crippen molar-refractivity contribution in [2.24, 2.45) is 0 Å². The van der Waals surface area contributed by atoms with Crippen LogP contribution in [0.2, 0.25) is 0 Å². The van der Waals surface area contributed by atoms with Crippen LogP contribution in [0.15, 0.2) is 11.1 Å². The summed E-state index contributed by atoms with van der Waals surface area (Å²) in [5, 5.41) is 0.365. The molecule has 102 valence electrons. The minimum atomic E-state index is -4.52. The van der Waals surface area contributed by atoms with E-state index < -0.39 is 18.0 Å². The van der Waals surface area contributed by atoms with E-state index in [1.54, 1.807) is 0 Å². The summed E-state index contributed by atoms with van der Waals surface area (Å²) in [6.45, 7) is 0.474. The van der Waals surface area contributed by atoms with E-state index in [-0.39, 0.29) is 18.8 Å². The van der Waals surface area contributed by atoms with Gasteiger partial charge < -0.3 is 4.74 Å². The lowest BCUT2D eigenvalue weighted by molar-refractivity contribution is -0.141. The van der Waals surface area contributed by atoms with Crippen molar-refractivity contribution in [3.63, 3.8) is 0 Å². The molecule has 2 aliphatic rings. The third kappa shape index (κ3) is 2.13. The van der Waals surface area contributed by atoms with Gasteiger partial charge in [-0.15, -0.1) is 11.8 Å². The molecule has 1 fully saturated rings. The van der Waals surface area contributed by atoms with Gasteiger partial charge in [0.15, 0.2) is 0 Å². The van der Waals surface area contributed by atoms with E-state index in [0.717, 1.165) is 6.07 Å². The summed E-state index contributed by atoms with van der Waals surface area (Å²) in [5.41, 5.74) is 0.0250. The van der Waals surface area contributed by atoms with Crippen molar-refractivity contribution < 1.29 is 22.7 Å². The van der Waals surface area contributed by atoms with Gasteiger partial charge in [0.05, 0.1) is 12.2 Å². The molecule has 0 N–H and O–H groups in total. The minimum Gasteiger partial charge on any atom is -0.447 e. The zero-order valence-corrected chi connectivity index (χ0v) is 10.5. The lowest BCUT2D eigenvalue weighted by Gasteiger charge is -2.18.